The molecule has 0 saturated carbocycles. The first-order valence-electron chi connectivity index (χ1n) is 7.66. The van der Waals surface area contributed by atoms with Gasteiger partial charge in [-0.05, 0) is 24.6 Å². The monoisotopic (exact) mass is 379 g/mol. The number of ether oxygens (including phenoxy) is 1. The number of thiophene rings is 1. The molecule has 1 N–H and O–H groups in total. The Morgan fingerprint density at radius 2 is 2.15 bits per heavy atom. The zero-order valence-electron chi connectivity index (χ0n) is 14.0. The lowest BCUT2D eigenvalue weighted by molar-refractivity contribution is 0.102. The number of anilines is 1. The maximum absolute atomic E-state index is 13.7. The third-order valence-corrected chi connectivity index (χ3v) is 5.04. The van der Waals surface area contributed by atoms with Crippen LogP contribution in [0.4, 0.5) is 14.5 Å². The number of benzene rings is 1. The largest absolute Gasteiger partial charge is 0.383 e. The van der Waals surface area contributed by atoms with E-state index in [0.29, 0.717) is 35.0 Å². The summed E-state index contributed by atoms with van der Waals surface area (Å²) in [6, 6.07) is 2.87. The molecule has 0 aliphatic heterocycles. The average molecular weight is 379 g/mol. The van der Waals surface area contributed by atoms with Crippen LogP contribution in [-0.2, 0) is 11.3 Å². The lowest BCUT2D eigenvalue weighted by Gasteiger charge is -2.06. The predicted octanol–water partition coefficient (Wildman–Crippen LogP) is 2.94. The van der Waals surface area contributed by atoms with Crippen LogP contribution in [0.25, 0.3) is 10.2 Å². The fourth-order valence-electron chi connectivity index (χ4n) is 2.49. The topological polar surface area (TPSA) is 73.2 Å². The summed E-state index contributed by atoms with van der Waals surface area (Å²) in [6.07, 6.45) is 1.40. The first-order chi connectivity index (χ1) is 12.4. The minimum Gasteiger partial charge on any atom is -0.383 e. The average Bonchev–Trinajstić information content (AvgIpc) is 2.94. The minimum atomic E-state index is -0.878. The molecule has 2 heterocycles. The summed E-state index contributed by atoms with van der Waals surface area (Å²) in [7, 11) is 1.53. The van der Waals surface area contributed by atoms with Crippen molar-refractivity contribution >= 4 is 33.1 Å². The number of hydrogen-bond donors (Lipinski definition) is 1. The Kier molecular flexibility index (Phi) is 5.10. The molecule has 0 aliphatic rings. The van der Waals surface area contributed by atoms with Crippen LogP contribution in [-0.4, -0.2) is 29.2 Å². The van der Waals surface area contributed by atoms with Gasteiger partial charge in [0.1, 0.15) is 16.5 Å². The van der Waals surface area contributed by atoms with E-state index in [1.165, 1.54) is 18.0 Å². The number of halogens is 2. The second kappa shape index (κ2) is 7.30. The quantitative estimate of drug-likeness (QED) is 0.740. The molecule has 26 heavy (non-hydrogen) atoms. The molecule has 2 aromatic heterocycles. The Bertz CT molecular complexity index is 1050. The predicted molar refractivity (Wildman–Crippen MR) is 94.8 cm³/mol. The molecule has 3 rings (SSSR count). The molecular formula is C17H15F2N3O3S. The Morgan fingerprint density at radius 1 is 1.38 bits per heavy atom. The molecule has 3 aromatic rings. The maximum Gasteiger partial charge on any atom is 0.266 e. The van der Waals surface area contributed by atoms with Crippen LogP contribution in [0.5, 0.6) is 0 Å². The van der Waals surface area contributed by atoms with Crippen LogP contribution in [0.15, 0.2) is 29.3 Å². The van der Waals surface area contributed by atoms with Gasteiger partial charge in [-0.1, -0.05) is 0 Å². The number of methoxy groups -OCH3 is 1. The van der Waals surface area contributed by atoms with Gasteiger partial charge in [-0.25, -0.2) is 13.8 Å². The third kappa shape index (κ3) is 3.35. The second-order valence-electron chi connectivity index (χ2n) is 5.55. The van der Waals surface area contributed by atoms with Crippen molar-refractivity contribution in [2.45, 2.75) is 13.5 Å². The van der Waals surface area contributed by atoms with Crippen LogP contribution in [0.3, 0.4) is 0 Å². The Balaban J connectivity index is 1.97. The van der Waals surface area contributed by atoms with E-state index in [4.69, 9.17) is 4.74 Å². The normalized spacial score (nSPS) is 11.1. The number of carbonyl (C=O) groups excluding carboxylic acids is 1. The molecule has 0 spiro atoms. The van der Waals surface area contributed by atoms with Crippen molar-refractivity contribution < 1.29 is 18.3 Å². The van der Waals surface area contributed by atoms with Crippen molar-refractivity contribution in [1.29, 1.82) is 0 Å². The number of aromatic nitrogens is 2. The van der Waals surface area contributed by atoms with Crippen LogP contribution in [0.2, 0.25) is 0 Å². The van der Waals surface area contributed by atoms with E-state index >= 15 is 0 Å². The number of amides is 1. The zero-order valence-corrected chi connectivity index (χ0v) is 14.8. The number of hydrogen-bond acceptors (Lipinski definition) is 5. The standard InChI is InChI=1S/C17H15F2N3O3S/c1-9-13-16(20-8-22(17(13)24)5-6-25-2)26-14(9)15(23)21-12-4-3-10(18)7-11(12)19/h3-4,7-8H,5-6H2,1-2H3,(H,21,23). The van der Waals surface area contributed by atoms with E-state index in [0.717, 1.165) is 23.5 Å². The highest BCUT2D eigenvalue weighted by atomic mass is 32.1. The minimum absolute atomic E-state index is 0.140. The lowest BCUT2D eigenvalue weighted by atomic mass is 10.2. The van der Waals surface area contributed by atoms with Gasteiger partial charge < -0.3 is 10.1 Å². The fraction of sp³-hybridized carbons (Fsp3) is 0.235. The summed E-state index contributed by atoms with van der Waals surface area (Å²) in [5.41, 5.74) is 0.0563. The number of nitrogens with one attached hydrogen (secondary N) is 1. The molecule has 9 heteroatoms. The Hall–Kier alpha value is -2.65. The summed E-state index contributed by atoms with van der Waals surface area (Å²) in [5.74, 6) is -2.20. The van der Waals surface area contributed by atoms with E-state index in [1.54, 1.807) is 6.92 Å². The van der Waals surface area contributed by atoms with Crippen molar-refractivity contribution in [2.24, 2.45) is 0 Å². The van der Waals surface area contributed by atoms with Gasteiger partial charge in [-0.3, -0.25) is 14.2 Å². The molecule has 6 nitrogen and oxygen atoms in total. The molecule has 0 fully saturated rings. The first-order valence-corrected chi connectivity index (χ1v) is 8.48. The summed E-state index contributed by atoms with van der Waals surface area (Å²) in [5, 5.41) is 2.74. The molecule has 0 saturated heterocycles. The van der Waals surface area contributed by atoms with Gasteiger partial charge in [-0.2, -0.15) is 0 Å². The maximum atomic E-state index is 13.7. The highest BCUT2D eigenvalue weighted by molar-refractivity contribution is 7.20. The summed E-state index contributed by atoms with van der Waals surface area (Å²) < 4.78 is 33.1. The van der Waals surface area contributed by atoms with Crippen LogP contribution in [0.1, 0.15) is 15.2 Å². The Labute approximate surface area is 151 Å². The van der Waals surface area contributed by atoms with E-state index in [9.17, 15) is 18.4 Å². The summed E-state index contributed by atoms with van der Waals surface area (Å²) >= 11 is 1.04. The van der Waals surface area contributed by atoms with Gasteiger partial charge in [0.05, 0.1) is 35.4 Å². The molecule has 0 unspecified atom stereocenters. The molecule has 0 atom stereocenters. The van der Waals surface area contributed by atoms with Gasteiger partial charge >= 0.3 is 0 Å². The molecule has 0 radical (unpaired) electrons. The van der Waals surface area contributed by atoms with Crippen molar-refractivity contribution in [1.82, 2.24) is 9.55 Å². The highest BCUT2D eigenvalue weighted by Gasteiger charge is 2.20. The van der Waals surface area contributed by atoms with Gasteiger partial charge in [0.15, 0.2) is 0 Å². The van der Waals surface area contributed by atoms with Gasteiger partial charge in [0, 0.05) is 13.2 Å². The van der Waals surface area contributed by atoms with Gasteiger partial charge in [0.2, 0.25) is 0 Å². The van der Waals surface area contributed by atoms with Gasteiger partial charge in [-0.15, -0.1) is 11.3 Å². The van der Waals surface area contributed by atoms with Crippen molar-refractivity contribution in [3.8, 4) is 0 Å². The second-order valence-corrected chi connectivity index (χ2v) is 6.55. The van der Waals surface area contributed by atoms with Crippen molar-refractivity contribution in [3.63, 3.8) is 0 Å². The molecule has 136 valence electrons. The molecular weight excluding hydrogens is 364 g/mol. The number of fused-ring (bicyclic) bond motifs is 1. The van der Waals surface area contributed by atoms with Crippen molar-refractivity contribution in [2.75, 3.05) is 19.0 Å². The number of carbonyl (C=O) groups is 1. The fourth-order valence-corrected chi connectivity index (χ4v) is 3.53. The lowest BCUT2D eigenvalue weighted by Crippen LogP contribution is -2.22. The van der Waals surface area contributed by atoms with E-state index in [1.807, 2.05) is 0 Å². The number of nitrogens with zero attached hydrogens (tertiary/aromatic N) is 2. The highest BCUT2D eigenvalue weighted by Crippen LogP contribution is 2.28. The molecule has 0 aliphatic carbocycles. The van der Waals surface area contributed by atoms with Crippen LogP contribution < -0.4 is 10.9 Å². The summed E-state index contributed by atoms with van der Waals surface area (Å²) in [6.45, 7) is 2.34. The van der Waals surface area contributed by atoms with Crippen LogP contribution >= 0.6 is 11.3 Å². The van der Waals surface area contributed by atoms with E-state index in [-0.39, 0.29) is 16.1 Å². The number of aryl methyl sites for hydroxylation is 1. The van der Waals surface area contributed by atoms with Crippen LogP contribution in [0, 0.1) is 18.6 Å². The molecule has 1 aromatic carbocycles. The molecule has 0 bridgehead atoms. The smallest absolute Gasteiger partial charge is 0.266 e. The molecule has 1 amide bonds. The summed E-state index contributed by atoms with van der Waals surface area (Å²) in [4.78, 5) is 30.0. The van der Waals surface area contributed by atoms with Gasteiger partial charge in [0.25, 0.3) is 11.5 Å². The van der Waals surface area contributed by atoms with E-state index < -0.39 is 17.5 Å². The van der Waals surface area contributed by atoms with E-state index in [2.05, 4.69) is 10.3 Å². The first kappa shape index (κ1) is 18.2. The zero-order chi connectivity index (χ0) is 18.8. The third-order valence-electron chi connectivity index (χ3n) is 3.84. The number of rotatable bonds is 5. The Morgan fingerprint density at radius 3 is 2.85 bits per heavy atom. The van der Waals surface area contributed by atoms with Crippen molar-refractivity contribution in [3.05, 3.63) is 57.0 Å². The SMILES string of the molecule is COCCn1cnc2sc(C(=O)Nc3ccc(F)cc3F)c(C)c2c1=O.